The van der Waals surface area contributed by atoms with Crippen molar-refractivity contribution in [2.45, 2.75) is 13.3 Å². The van der Waals surface area contributed by atoms with Crippen LogP contribution >= 0.6 is 22.6 Å². The van der Waals surface area contributed by atoms with Crippen LogP contribution in [0.25, 0.3) is 0 Å². The molecule has 1 rings (SSSR count). The standard InChI is InChI=1S/C7H6F2IN/c1-4-2-5(7(8)9)3-6(10)11-4/h2-3,7H,1H3. The molecule has 0 aliphatic heterocycles. The molecule has 4 heteroatoms. The van der Waals surface area contributed by atoms with Gasteiger partial charge < -0.3 is 0 Å². The Hall–Kier alpha value is -0.260. The van der Waals surface area contributed by atoms with Crippen molar-refractivity contribution >= 4 is 22.6 Å². The molecule has 0 aliphatic carbocycles. The van der Waals surface area contributed by atoms with Gasteiger partial charge in [0.15, 0.2) is 0 Å². The third kappa shape index (κ3) is 2.36. The smallest absolute Gasteiger partial charge is 0.247 e. The summed E-state index contributed by atoms with van der Waals surface area (Å²) in [5.41, 5.74) is 0.675. The fraction of sp³-hybridized carbons (Fsp3) is 0.286. The lowest BCUT2D eigenvalue weighted by Gasteiger charge is -2.00. The molecule has 11 heavy (non-hydrogen) atoms. The van der Waals surface area contributed by atoms with E-state index in [4.69, 9.17) is 0 Å². The average Bonchev–Trinajstić information content (AvgIpc) is 1.85. The molecule has 0 saturated carbocycles. The number of aryl methyl sites for hydroxylation is 1. The topological polar surface area (TPSA) is 12.9 Å². The zero-order valence-electron chi connectivity index (χ0n) is 5.81. The lowest BCUT2D eigenvalue weighted by atomic mass is 10.2. The van der Waals surface area contributed by atoms with Crippen LogP contribution in [-0.2, 0) is 0 Å². The van der Waals surface area contributed by atoms with Crippen molar-refractivity contribution in [3.8, 4) is 0 Å². The molecule has 0 bridgehead atoms. The van der Waals surface area contributed by atoms with E-state index in [1.807, 2.05) is 22.6 Å². The number of alkyl halides is 2. The van der Waals surface area contributed by atoms with Crippen LogP contribution in [0.15, 0.2) is 12.1 Å². The van der Waals surface area contributed by atoms with Gasteiger partial charge in [-0.3, -0.25) is 0 Å². The molecule has 0 spiro atoms. The first-order valence-electron chi connectivity index (χ1n) is 3.02. The van der Waals surface area contributed by atoms with Crippen LogP contribution in [0, 0.1) is 10.6 Å². The summed E-state index contributed by atoms with van der Waals surface area (Å²) in [5.74, 6) is 0. The predicted molar refractivity (Wildman–Crippen MR) is 46.6 cm³/mol. The summed E-state index contributed by atoms with van der Waals surface area (Å²) in [6.07, 6.45) is -2.40. The fourth-order valence-electron chi connectivity index (χ4n) is 0.779. The van der Waals surface area contributed by atoms with Crippen molar-refractivity contribution in [1.29, 1.82) is 0 Å². The molecular weight excluding hydrogens is 263 g/mol. The highest BCUT2D eigenvalue weighted by Crippen LogP contribution is 2.20. The van der Waals surface area contributed by atoms with Crippen molar-refractivity contribution in [2.24, 2.45) is 0 Å². The van der Waals surface area contributed by atoms with Gasteiger partial charge in [0.25, 0.3) is 6.43 Å². The molecule has 0 saturated heterocycles. The minimum Gasteiger partial charge on any atom is -0.247 e. The minimum absolute atomic E-state index is 0.0434. The normalized spacial score (nSPS) is 10.6. The van der Waals surface area contributed by atoms with E-state index < -0.39 is 6.43 Å². The van der Waals surface area contributed by atoms with Gasteiger partial charge in [-0.05, 0) is 41.6 Å². The fourth-order valence-corrected chi connectivity index (χ4v) is 1.52. The highest BCUT2D eigenvalue weighted by atomic mass is 127. The highest BCUT2D eigenvalue weighted by molar-refractivity contribution is 14.1. The number of rotatable bonds is 1. The maximum Gasteiger partial charge on any atom is 0.264 e. The number of nitrogens with zero attached hydrogens (tertiary/aromatic N) is 1. The molecule has 0 fully saturated rings. The second kappa shape index (κ2) is 3.42. The van der Waals surface area contributed by atoms with E-state index in [1.165, 1.54) is 12.1 Å². The van der Waals surface area contributed by atoms with Crippen LogP contribution in [0.1, 0.15) is 17.7 Å². The van der Waals surface area contributed by atoms with Crippen molar-refractivity contribution in [3.05, 3.63) is 27.1 Å². The third-order valence-electron chi connectivity index (χ3n) is 1.20. The summed E-state index contributed by atoms with van der Waals surface area (Å²) in [4.78, 5) is 3.97. The zero-order valence-corrected chi connectivity index (χ0v) is 7.97. The first-order valence-corrected chi connectivity index (χ1v) is 4.09. The molecular formula is C7H6F2IN. The first kappa shape index (κ1) is 8.83. The van der Waals surface area contributed by atoms with Gasteiger partial charge in [0.05, 0.1) is 0 Å². The Labute approximate surface area is 77.0 Å². The summed E-state index contributed by atoms with van der Waals surface area (Å²) in [6.45, 7) is 1.70. The Bertz CT molecular complexity index is 242. The maximum atomic E-state index is 12.1. The molecule has 0 unspecified atom stereocenters. The number of pyridine rings is 1. The van der Waals surface area contributed by atoms with Gasteiger partial charge in [0.2, 0.25) is 0 Å². The van der Waals surface area contributed by atoms with Gasteiger partial charge in [-0.25, -0.2) is 13.8 Å². The Balaban J connectivity index is 3.08. The SMILES string of the molecule is Cc1cc(C(F)F)cc(I)n1. The number of aromatic nitrogens is 1. The van der Waals surface area contributed by atoms with E-state index in [1.54, 1.807) is 6.92 Å². The summed E-state index contributed by atoms with van der Waals surface area (Å²) in [5, 5.41) is 0. The summed E-state index contributed by atoms with van der Waals surface area (Å²) in [6, 6.07) is 2.78. The lowest BCUT2D eigenvalue weighted by Crippen LogP contribution is -1.91. The second-order valence-corrected chi connectivity index (χ2v) is 3.27. The largest absolute Gasteiger partial charge is 0.264 e. The Morgan fingerprint density at radius 3 is 2.55 bits per heavy atom. The molecule has 1 nitrogen and oxygen atoms in total. The monoisotopic (exact) mass is 269 g/mol. The number of hydrogen-bond donors (Lipinski definition) is 0. The summed E-state index contributed by atoms with van der Waals surface area (Å²) >= 11 is 1.92. The summed E-state index contributed by atoms with van der Waals surface area (Å²) < 4.78 is 24.8. The van der Waals surface area contributed by atoms with Crippen LogP contribution in [-0.4, -0.2) is 4.98 Å². The summed E-state index contributed by atoms with van der Waals surface area (Å²) in [7, 11) is 0. The molecule has 0 N–H and O–H groups in total. The Kier molecular flexibility index (Phi) is 2.75. The zero-order chi connectivity index (χ0) is 8.43. The number of hydrogen-bond acceptors (Lipinski definition) is 1. The van der Waals surface area contributed by atoms with Gasteiger partial charge in [-0.1, -0.05) is 0 Å². The molecule has 0 amide bonds. The van der Waals surface area contributed by atoms with Crippen LogP contribution in [0.3, 0.4) is 0 Å². The van der Waals surface area contributed by atoms with Crippen molar-refractivity contribution in [3.63, 3.8) is 0 Å². The van der Waals surface area contributed by atoms with E-state index in [0.717, 1.165) is 0 Å². The molecule has 0 aromatic carbocycles. The maximum absolute atomic E-state index is 12.1. The number of halogens is 3. The van der Waals surface area contributed by atoms with Crippen molar-refractivity contribution in [1.82, 2.24) is 4.98 Å². The molecule has 0 aliphatic rings. The molecule has 0 radical (unpaired) electrons. The van der Waals surface area contributed by atoms with Gasteiger partial charge in [0.1, 0.15) is 3.70 Å². The average molecular weight is 269 g/mol. The Morgan fingerprint density at radius 1 is 1.45 bits per heavy atom. The van der Waals surface area contributed by atoms with Gasteiger partial charge in [0, 0.05) is 11.3 Å². The molecule has 1 aromatic rings. The van der Waals surface area contributed by atoms with Crippen molar-refractivity contribution in [2.75, 3.05) is 0 Å². The van der Waals surface area contributed by atoms with Crippen molar-refractivity contribution < 1.29 is 8.78 Å². The molecule has 0 atom stereocenters. The van der Waals surface area contributed by atoms with Crippen LogP contribution < -0.4 is 0 Å². The quantitative estimate of drug-likeness (QED) is 0.564. The van der Waals surface area contributed by atoms with E-state index in [2.05, 4.69) is 4.98 Å². The van der Waals surface area contributed by atoms with Crippen LogP contribution in [0.4, 0.5) is 8.78 Å². The van der Waals surface area contributed by atoms with E-state index in [9.17, 15) is 8.78 Å². The predicted octanol–water partition coefficient (Wildman–Crippen LogP) is 2.93. The van der Waals surface area contributed by atoms with Gasteiger partial charge >= 0.3 is 0 Å². The minimum atomic E-state index is -2.40. The van der Waals surface area contributed by atoms with E-state index >= 15 is 0 Å². The molecule has 60 valence electrons. The first-order chi connectivity index (χ1) is 5.09. The van der Waals surface area contributed by atoms with Gasteiger partial charge in [-0.15, -0.1) is 0 Å². The second-order valence-electron chi connectivity index (χ2n) is 2.17. The van der Waals surface area contributed by atoms with Gasteiger partial charge in [-0.2, -0.15) is 0 Å². The molecule has 1 heterocycles. The van der Waals surface area contributed by atoms with E-state index in [0.29, 0.717) is 9.39 Å². The molecule has 1 aromatic heterocycles. The van der Waals surface area contributed by atoms with Crippen LogP contribution in [0.2, 0.25) is 0 Å². The third-order valence-corrected chi connectivity index (χ3v) is 1.75. The van der Waals surface area contributed by atoms with E-state index in [-0.39, 0.29) is 5.56 Å². The Morgan fingerprint density at radius 2 is 2.09 bits per heavy atom. The van der Waals surface area contributed by atoms with Crippen LogP contribution in [0.5, 0.6) is 0 Å². The lowest BCUT2D eigenvalue weighted by molar-refractivity contribution is 0.151. The highest BCUT2D eigenvalue weighted by Gasteiger charge is 2.07.